The van der Waals surface area contributed by atoms with Crippen molar-refractivity contribution in [2.75, 3.05) is 23.3 Å². The highest BCUT2D eigenvalue weighted by atomic mass is 32.2. The molecule has 2 aliphatic rings. The Morgan fingerprint density at radius 2 is 1.49 bits per heavy atom. The van der Waals surface area contributed by atoms with Crippen LogP contribution in [0.3, 0.4) is 0 Å². The van der Waals surface area contributed by atoms with Gasteiger partial charge in [0.15, 0.2) is 0 Å². The lowest BCUT2D eigenvalue weighted by atomic mass is 9.83. The van der Waals surface area contributed by atoms with Crippen LogP contribution < -0.4 is 14.4 Å². The van der Waals surface area contributed by atoms with Gasteiger partial charge in [0.25, 0.3) is 0 Å². The second-order valence-electron chi connectivity index (χ2n) is 12.0. The Kier molecular flexibility index (Phi) is 10.9. The van der Waals surface area contributed by atoms with Crippen molar-refractivity contribution in [3.05, 3.63) is 83.9 Å². The monoisotopic (exact) mass is 702 g/mol. The summed E-state index contributed by atoms with van der Waals surface area (Å²) in [5, 5.41) is 20.1. The minimum Gasteiger partial charge on any atom is -0.508 e. The van der Waals surface area contributed by atoms with Crippen LogP contribution in [0.25, 0.3) is 11.1 Å². The smallest absolute Gasteiger partial charge is 0.407 e. The number of unbranched alkanes of at least 4 members (excludes halogenated alkanes) is 3. The third kappa shape index (κ3) is 8.54. The predicted octanol–water partition coefficient (Wildman–Crippen LogP) is 6.61. The molecular formula is C35H37F3N2O8S. The maximum atomic E-state index is 14.2. The zero-order valence-corrected chi connectivity index (χ0v) is 27.5. The number of methoxy groups -OCH3 is 1. The summed E-state index contributed by atoms with van der Waals surface area (Å²) in [6, 6.07) is 18.3. The number of hydrogen-bond acceptors (Lipinski definition) is 7. The number of sulfonamides is 1. The molecule has 5 rings (SSSR count). The molecule has 0 saturated carbocycles. The predicted molar refractivity (Wildman–Crippen MR) is 178 cm³/mol. The van der Waals surface area contributed by atoms with Crippen LogP contribution in [0.5, 0.6) is 11.5 Å². The number of aromatic hydroxyl groups is 1. The van der Waals surface area contributed by atoms with Gasteiger partial charge in [0.05, 0.1) is 18.9 Å². The summed E-state index contributed by atoms with van der Waals surface area (Å²) in [5.74, 6) is -0.684. The Labute approximate surface area is 282 Å². The number of phenols is 1. The van der Waals surface area contributed by atoms with Gasteiger partial charge in [-0.1, -0.05) is 37.1 Å². The Morgan fingerprint density at radius 1 is 0.898 bits per heavy atom. The van der Waals surface area contributed by atoms with E-state index in [2.05, 4.69) is 5.32 Å². The molecule has 3 atom stereocenters. The SMILES string of the molecule is COc1ccc(N(CC(F)(F)F)S(=O)(=O)C2CC3OC2C(c2ccc(NC(=O)CCCCCCC(=O)O)cc2)=C3c2ccc(O)cc2)cc1. The summed E-state index contributed by atoms with van der Waals surface area (Å²) >= 11 is 0. The molecule has 3 aromatic rings. The van der Waals surface area contributed by atoms with Crippen molar-refractivity contribution in [2.24, 2.45) is 0 Å². The molecular weight excluding hydrogens is 665 g/mol. The molecule has 1 saturated heterocycles. The van der Waals surface area contributed by atoms with E-state index in [9.17, 15) is 36.3 Å². The molecule has 1 fully saturated rings. The summed E-state index contributed by atoms with van der Waals surface area (Å²) in [6.45, 7) is -1.73. The zero-order chi connectivity index (χ0) is 35.3. The van der Waals surface area contributed by atoms with Gasteiger partial charge in [-0.25, -0.2) is 8.42 Å². The van der Waals surface area contributed by atoms with E-state index >= 15 is 0 Å². The van der Waals surface area contributed by atoms with Crippen molar-refractivity contribution in [3.63, 3.8) is 0 Å². The fourth-order valence-electron chi connectivity index (χ4n) is 6.28. The molecule has 14 heteroatoms. The normalized spacial score (nSPS) is 18.8. The fourth-order valence-corrected chi connectivity index (χ4v) is 8.28. The molecule has 2 aliphatic heterocycles. The lowest BCUT2D eigenvalue weighted by molar-refractivity contribution is -0.137. The van der Waals surface area contributed by atoms with Crippen molar-refractivity contribution < 1.29 is 50.9 Å². The number of aliphatic carboxylic acids is 1. The molecule has 2 heterocycles. The number of halogens is 3. The molecule has 49 heavy (non-hydrogen) atoms. The number of phenolic OH excluding ortho intramolecular Hbond substituents is 1. The lowest BCUT2D eigenvalue weighted by Crippen LogP contribution is -2.47. The Balaban J connectivity index is 1.41. The van der Waals surface area contributed by atoms with Crippen LogP contribution in [0, 0.1) is 0 Å². The number of nitrogens with one attached hydrogen (secondary N) is 1. The van der Waals surface area contributed by atoms with Gasteiger partial charge < -0.3 is 25.0 Å². The van der Waals surface area contributed by atoms with Crippen LogP contribution in [0.2, 0.25) is 0 Å². The molecule has 0 spiro atoms. The van der Waals surface area contributed by atoms with Crippen molar-refractivity contribution in [3.8, 4) is 11.5 Å². The van der Waals surface area contributed by atoms with Gasteiger partial charge in [0, 0.05) is 18.5 Å². The summed E-state index contributed by atoms with van der Waals surface area (Å²) in [4.78, 5) is 23.2. The molecule has 3 aromatic carbocycles. The quantitative estimate of drug-likeness (QED) is 0.150. The minimum absolute atomic E-state index is 0.0260. The van der Waals surface area contributed by atoms with Crippen molar-refractivity contribution >= 4 is 44.4 Å². The Hall–Kier alpha value is -4.56. The van der Waals surface area contributed by atoms with E-state index in [-0.39, 0.29) is 36.6 Å². The van der Waals surface area contributed by atoms with Gasteiger partial charge in [0.1, 0.15) is 29.4 Å². The summed E-state index contributed by atoms with van der Waals surface area (Å²) in [5.41, 5.74) is 2.73. The highest BCUT2D eigenvalue weighted by Crippen LogP contribution is 2.51. The van der Waals surface area contributed by atoms with Crippen molar-refractivity contribution in [1.29, 1.82) is 0 Å². The molecule has 2 bridgehead atoms. The van der Waals surface area contributed by atoms with E-state index in [0.717, 1.165) is 6.42 Å². The lowest BCUT2D eigenvalue weighted by Gasteiger charge is -2.32. The maximum Gasteiger partial charge on any atom is 0.407 e. The first-order valence-electron chi connectivity index (χ1n) is 15.8. The van der Waals surface area contributed by atoms with Crippen molar-refractivity contribution in [1.82, 2.24) is 0 Å². The molecule has 0 radical (unpaired) electrons. The van der Waals surface area contributed by atoms with E-state index in [1.54, 1.807) is 36.4 Å². The molecule has 3 N–H and O–H groups in total. The molecule has 0 aliphatic carbocycles. The van der Waals surface area contributed by atoms with Gasteiger partial charge in [-0.3, -0.25) is 13.9 Å². The number of carbonyl (C=O) groups excluding carboxylic acids is 1. The van der Waals surface area contributed by atoms with Gasteiger partial charge >= 0.3 is 12.1 Å². The number of anilines is 2. The molecule has 262 valence electrons. The minimum atomic E-state index is -4.83. The standard InChI is InChI=1S/C35H37F3N2O8S/c1-47-27-18-14-25(15-19-27)40(21-35(36,37)38)49(45,46)29-20-28-32(22-10-16-26(41)17-11-22)33(34(29)48-28)23-8-12-24(13-9-23)39-30(42)6-4-2-3-5-7-31(43)44/h8-19,28-29,34,41H,2-7,20-21H2,1H3,(H,39,42)(H,43,44). The van der Waals surface area contributed by atoms with E-state index in [1.165, 1.54) is 43.5 Å². The Bertz CT molecular complexity index is 1780. The van der Waals surface area contributed by atoms with Crippen LogP contribution in [-0.2, 0) is 24.3 Å². The van der Waals surface area contributed by atoms with Gasteiger partial charge in [-0.15, -0.1) is 0 Å². The number of ether oxygens (including phenoxy) is 2. The number of carboxylic acid groups (broad SMARTS) is 1. The number of nitrogens with zero attached hydrogens (tertiary/aromatic N) is 1. The molecule has 3 unspecified atom stereocenters. The van der Waals surface area contributed by atoms with E-state index in [0.29, 0.717) is 57.3 Å². The summed E-state index contributed by atoms with van der Waals surface area (Å²) in [6.07, 6.45) is -3.83. The summed E-state index contributed by atoms with van der Waals surface area (Å²) in [7, 11) is -3.26. The second-order valence-corrected chi connectivity index (χ2v) is 14.1. The topological polar surface area (TPSA) is 142 Å². The van der Waals surface area contributed by atoms with Crippen LogP contribution >= 0.6 is 0 Å². The third-order valence-corrected chi connectivity index (χ3v) is 10.7. The first-order valence-corrected chi connectivity index (χ1v) is 17.3. The fraction of sp³-hybridized carbons (Fsp3) is 0.371. The first-order chi connectivity index (χ1) is 23.3. The van der Waals surface area contributed by atoms with Crippen LogP contribution in [0.1, 0.15) is 56.1 Å². The number of alkyl halides is 3. The Morgan fingerprint density at radius 3 is 2.08 bits per heavy atom. The van der Waals surface area contributed by atoms with Gasteiger partial charge in [-0.05, 0) is 90.1 Å². The number of benzene rings is 3. The van der Waals surface area contributed by atoms with Crippen LogP contribution in [0.4, 0.5) is 24.5 Å². The second kappa shape index (κ2) is 14.9. The average Bonchev–Trinajstić information content (AvgIpc) is 3.66. The highest BCUT2D eigenvalue weighted by molar-refractivity contribution is 7.93. The molecule has 0 aromatic heterocycles. The first kappa shape index (κ1) is 35.7. The number of hydrogen-bond donors (Lipinski definition) is 3. The van der Waals surface area contributed by atoms with E-state index in [4.69, 9.17) is 14.6 Å². The van der Waals surface area contributed by atoms with Crippen LogP contribution in [-0.4, -0.2) is 67.8 Å². The highest BCUT2D eigenvalue weighted by Gasteiger charge is 2.55. The number of rotatable bonds is 15. The third-order valence-electron chi connectivity index (χ3n) is 8.57. The number of amides is 1. The van der Waals surface area contributed by atoms with Gasteiger partial charge in [0.2, 0.25) is 15.9 Å². The average molecular weight is 703 g/mol. The summed E-state index contributed by atoms with van der Waals surface area (Å²) < 4.78 is 81.5. The number of carboxylic acids is 1. The number of fused-ring (bicyclic) bond motifs is 2. The molecule has 1 amide bonds. The van der Waals surface area contributed by atoms with E-state index < -0.39 is 46.2 Å². The van der Waals surface area contributed by atoms with Gasteiger partial charge in [-0.2, -0.15) is 13.2 Å². The largest absolute Gasteiger partial charge is 0.508 e. The molecule has 10 nitrogen and oxygen atoms in total. The van der Waals surface area contributed by atoms with Crippen LogP contribution in [0.15, 0.2) is 72.8 Å². The van der Waals surface area contributed by atoms with E-state index in [1.807, 2.05) is 0 Å². The maximum absolute atomic E-state index is 14.2. The number of carbonyl (C=O) groups is 2. The zero-order valence-electron chi connectivity index (χ0n) is 26.7. The van der Waals surface area contributed by atoms with Crippen molar-refractivity contribution in [2.45, 2.75) is 68.6 Å².